The first kappa shape index (κ1) is 15.7. The predicted molar refractivity (Wildman–Crippen MR) is 82.9 cm³/mol. The van der Waals surface area contributed by atoms with Crippen LogP contribution in [0, 0.1) is 6.92 Å². The van der Waals surface area contributed by atoms with Crippen molar-refractivity contribution in [1.82, 2.24) is 9.78 Å². The van der Waals surface area contributed by atoms with E-state index in [0.29, 0.717) is 36.7 Å². The number of Topliss-reactive ketones (excluding diaryl/α,β-unsaturated/α-hetero) is 1. The van der Waals surface area contributed by atoms with Crippen LogP contribution in [0.4, 0.5) is 0 Å². The van der Waals surface area contributed by atoms with Crippen molar-refractivity contribution in [1.29, 1.82) is 0 Å². The molecule has 0 amide bonds. The number of hydrogen-bond donors (Lipinski definition) is 0. The second-order valence-corrected chi connectivity index (χ2v) is 5.38. The van der Waals surface area contributed by atoms with Crippen LogP contribution < -0.4 is 0 Å². The Labute approximate surface area is 129 Å². The zero-order valence-corrected chi connectivity index (χ0v) is 13.1. The summed E-state index contributed by atoms with van der Waals surface area (Å²) >= 11 is 6.08. The minimum Gasteiger partial charge on any atom is -0.383 e. The number of carbonyl (C=O) groups excluding carboxylic acids is 1. The Morgan fingerprint density at radius 3 is 2.95 bits per heavy atom. The van der Waals surface area contributed by atoms with Gasteiger partial charge in [0.15, 0.2) is 5.78 Å². The van der Waals surface area contributed by atoms with Crippen molar-refractivity contribution in [2.24, 2.45) is 0 Å². The monoisotopic (exact) mass is 306 g/mol. The number of halogens is 1. The molecule has 0 radical (unpaired) electrons. The van der Waals surface area contributed by atoms with Crippen molar-refractivity contribution in [3.05, 3.63) is 52.3 Å². The third kappa shape index (κ3) is 4.16. The van der Waals surface area contributed by atoms with E-state index in [1.54, 1.807) is 11.8 Å². The second kappa shape index (κ2) is 7.38. The minimum absolute atomic E-state index is 0.00936. The Morgan fingerprint density at radius 1 is 1.43 bits per heavy atom. The molecule has 1 aromatic heterocycles. The fourth-order valence-electron chi connectivity index (χ4n) is 2.23. The lowest BCUT2D eigenvalue weighted by atomic mass is 10.0. The van der Waals surface area contributed by atoms with Crippen molar-refractivity contribution in [2.75, 3.05) is 13.7 Å². The maximum Gasteiger partial charge on any atom is 0.182 e. The standard InChI is InChI=1S/C16H19ClN2O2/c1-12-4-3-5-13(10-12)6-7-15(20)16-14(17)11-18-19(16)8-9-21-2/h3-5,10-11H,6-9H2,1-2H3. The van der Waals surface area contributed by atoms with E-state index in [2.05, 4.69) is 11.2 Å². The average molecular weight is 307 g/mol. The molecular weight excluding hydrogens is 288 g/mol. The SMILES string of the molecule is COCCn1ncc(Cl)c1C(=O)CCc1cccc(C)c1. The number of carbonyl (C=O) groups is 1. The highest BCUT2D eigenvalue weighted by atomic mass is 35.5. The molecule has 0 bridgehead atoms. The summed E-state index contributed by atoms with van der Waals surface area (Å²) < 4.78 is 6.63. The summed E-state index contributed by atoms with van der Waals surface area (Å²) in [6, 6.07) is 8.17. The van der Waals surface area contributed by atoms with E-state index in [1.807, 2.05) is 25.1 Å². The number of ether oxygens (including phenoxy) is 1. The van der Waals surface area contributed by atoms with Crippen LogP contribution in [0.3, 0.4) is 0 Å². The minimum atomic E-state index is 0.00936. The molecule has 5 heteroatoms. The smallest absolute Gasteiger partial charge is 0.182 e. The molecule has 2 rings (SSSR count). The largest absolute Gasteiger partial charge is 0.383 e. The maximum absolute atomic E-state index is 12.4. The first-order valence-corrected chi connectivity index (χ1v) is 7.28. The molecule has 0 fully saturated rings. The molecule has 0 spiro atoms. The van der Waals surface area contributed by atoms with Crippen molar-refractivity contribution >= 4 is 17.4 Å². The van der Waals surface area contributed by atoms with Gasteiger partial charge in [-0.25, -0.2) is 0 Å². The van der Waals surface area contributed by atoms with Gasteiger partial charge in [-0.2, -0.15) is 5.10 Å². The zero-order valence-electron chi connectivity index (χ0n) is 12.3. The quantitative estimate of drug-likeness (QED) is 0.737. The molecule has 0 unspecified atom stereocenters. The Kier molecular flexibility index (Phi) is 5.53. The van der Waals surface area contributed by atoms with Gasteiger partial charge in [-0.15, -0.1) is 0 Å². The van der Waals surface area contributed by atoms with Crippen molar-refractivity contribution in [3.8, 4) is 0 Å². The van der Waals surface area contributed by atoms with Crippen LogP contribution in [0.2, 0.25) is 5.02 Å². The van der Waals surface area contributed by atoms with Crippen LogP contribution in [-0.4, -0.2) is 29.3 Å². The van der Waals surface area contributed by atoms with E-state index in [4.69, 9.17) is 16.3 Å². The van der Waals surface area contributed by atoms with E-state index in [-0.39, 0.29) is 5.78 Å². The summed E-state index contributed by atoms with van der Waals surface area (Å²) in [5.74, 6) is 0.00936. The third-order valence-electron chi connectivity index (χ3n) is 3.29. The van der Waals surface area contributed by atoms with Crippen LogP contribution in [-0.2, 0) is 17.7 Å². The van der Waals surface area contributed by atoms with Gasteiger partial charge in [-0.05, 0) is 18.9 Å². The van der Waals surface area contributed by atoms with Gasteiger partial charge in [0.05, 0.1) is 24.4 Å². The highest BCUT2D eigenvalue weighted by Gasteiger charge is 2.17. The van der Waals surface area contributed by atoms with E-state index >= 15 is 0 Å². The first-order valence-electron chi connectivity index (χ1n) is 6.91. The Bertz CT molecular complexity index is 622. The number of aromatic nitrogens is 2. The predicted octanol–water partition coefficient (Wildman–Crippen LogP) is 3.31. The number of methoxy groups -OCH3 is 1. The molecule has 2 aromatic rings. The lowest BCUT2D eigenvalue weighted by Gasteiger charge is -2.07. The number of benzene rings is 1. The maximum atomic E-state index is 12.4. The number of aryl methyl sites for hydroxylation is 2. The van der Waals surface area contributed by atoms with Crippen LogP contribution in [0.5, 0.6) is 0 Å². The van der Waals surface area contributed by atoms with Gasteiger partial charge in [0.1, 0.15) is 5.69 Å². The lowest BCUT2D eigenvalue weighted by Crippen LogP contribution is -2.14. The third-order valence-corrected chi connectivity index (χ3v) is 3.57. The summed E-state index contributed by atoms with van der Waals surface area (Å²) in [6.07, 6.45) is 2.63. The number of ketones is 1. The molecule has 21 heavy (non-hydrogen) atoms. The molecule has 0 saturated carbocycles. The summed E-state index contributed by atoms with van der Waals surface area (Å²) in [7, 11) is 1.62. The normalized spacial score (nSPS) is 10.8. The number of hydrogen-bond acceptors (Lipinski definition) is 3. The Hall–Kier alpha value is -1.65. The summed E-state index contributed by atoms with van der Waals surface area (Å²) in [5.41, 5.74) is 2.83. The number of rotatable bonds is 7. The highest BCUT2D eigenvalue weighted by molar-refractivity contribution is 6.33. The van der Waals surface area contributed by atoms with Gasteiger partial charge < -0.3 is 4.74 Å². The molecule has 0 N–H and O–H groups in total. The van der Waals surface area contributed by atoms with Gasteiger partial charge in [0.2, 0.25) is 0 Å². The zero-order chi connectivity index (χ0) is 15.2. The fraction of sp³-hybridized carbons (Fsp3) is 0.375. The Balaban J connectivity index is 2.04. The molecule has 112 valence electrons. The molecule has 1 heterocycles. The van der Waals surface area contributed by atoms with Gasteiger partial charge in [-0.1, -0.05) is 41.4 Å². The van der Waals surface area contributed by atoms with E-state index < -0.39 is 0 Å². The van der Waals surface area contributed by atoms with Gasteiger partial charge in [0, 0.05) is 13.5 Å². The summed E-state index contributed by atoms with van der Waals surface area (Å²) in [5, 5.41) is 4.53. The highest BCUT2D eigenvalue weighted by Crippen LogP contribution is 2.18. The fourth-order valence-corrected chi connectivity index (χ4v) is 2.48. The molecule has 0 aliphatic heterocycles. The molecule has 0 aliphatic carbocycles. The van der Waals surface area contributed by atoms with Crippen molar-refractivity contribution in [3.63, 3.8) is 0 Å². The molecular formula is C16H19ClN2O2. The lowest BCUT2D eigenvalue weighted by molar-refractivity contribution is 0.0969. The van der Waals surface area contributed by atoms with Gasteiger partial charge >= 0.3 is 0 Å². The summed E-state index contributed by atoms with van der Waals surface area (Å²) in [4.78, 5) is 12.4. The van der Waals surface area contributed by atoms with Crippen LogP contribution >= 0.6 is 11.6 Å². The van der Waals surface area contributed by atoms with Crippen LogP contribution in [0.15, 0.2) is 30.5 Å². The molecule has 1 aromatic carbocycles. The molecule has 0 saturated heterocycles. The van der Waals surface area contributed by atoms with Gasteiger partial charge in [-0.3, -0.25) is 9.48 Å². The van der Waals surface area contributed by atoms with Crippen LogP contribution in [0.25, 0.3) is 0 Å². The first-order chi connectivity index (χ1) is 10.1. The number of nitrogens with zero attached hydrogens (tertiary/aromatic N) is 2. The summed E-state index contributed by atoms with van der Waals surface area (Å²) in [6.45, 7) is 3.06. The van der Waals surface area contributed by atoms with Gasteiger partial charge in [0.25, 0.3) is 0 Å². The molecule has 0 aliphatic rings. The van der Waals surface area contributed by atoms with Crippen molar-refractivity contribution in [2.45, 2.75) is 26.3 Å². The van der Waals surface area contributed by atoms with E-state index in [0.717, 1.165) is 5.56 Å². The molecule has 4 nitrogen and oxygen atoms in total. The van der Waals surface area contributed by atoms with Crippen LogP contribution in [0.1, 0.15) is 28.0 Å². The van der Waals surface area contributed by atoms with Crippen molar-refractivity contribution < 1.29 is 9.53 Å². The average Bonchev–Trinajstić information content (AvgIpc) is 2.83. The molecule has 0 atom stereocenters. The second-order valence-electron chi connectivity index (χ2n) is 4.97. The van der Waals surface area contributed by atoms with E-state index in [9.17, 15) is 4.79 Å². The topological polar surface area (TPSA) is 44.1 Å². The Morgan fingerprint density at radius 2 is 2.24 bits per heavy atom. The van der Waals surface area contributed by atoms with E-state index in [1.165, 1.54) is 11.8 Å².